The topological polar surface area (TPSA) is 79.9 Å². The molecule has 0 amide bonds. The van der Waals surface area contributed by atoms with Crippen molar-refractivity contribution in [1.82, 2.24) is 0 Å². The summed E-state index contributed by atoms with van der Waals surface area (Å²) in [6, 6.07) is 1.17. The molecule has 1 aromatic heterocycles. The van der Waals surface area contributed by atoms with E-state index in [1.807, 2.05) is 0 Å². The summed E-state index contributed by atoms with van der Waals surface area (Å²) in [6.45, 7) is 2.99. The average Bonchev–Trinajstić information content (AvgIpc) is 2.26. The number of ether oxygens (including phenoxy) is 1. The first-order valence-corrected chi connectivity index (χ1v) is 5.01. The smallest absolute Gasteiger partial charge is 0.339 e. The third kappa shape index (κ3) is 2.43. The van der Waals surface area contributed by atoms with E-state index in [1.54, 1.807) is 13.8 Å². The zero-order valence-corrected chi connectivity index (χ0v) is 9.56. The Bertz CT molecular complexity index is 407. The lowest BCUT2D eigenvalue weighted by molar-refractivity contribution is 0.152. The molecule has 0 saturated carbocycles. The summed E-state index contributed by atoms with van der Waals surface area (Å²) in [4.78, 5) is 11.3. The molecule has 0 aliphatic carbocycles. The average molecular weight is 228 g/mol. The van der Waals surface area contributed by atoms with Crippen LogP contribution in [0.2, 0.25) is 0 Å². The summed E-state index contributed by atoms with van der Waals surface area (Å²) in [5.74, 6) is 0.160. The van der Waals surface area contributed by atoms with Gasteiger partial charge in [-0.15, -0.1) is 0 Å². The molecule has 0 saturated heterocycles. The SMILES string of the molecule is COc1cc(=O)oc([C@H](C)[C@@H](C)O)c1CO. The number of methoxy groups -OCH3 is 1. The zero-order valence-electron chi connectivity index (χ0n) is 9.56. The largest absolute Gasteiger partial charge is 0.496 e. The Morgan fingerprint density at radius 3 is 2.56 bits per heavy atom. The maximum Gasteiger partial charge on any atom is 0.339 e. The number of aliphatic hydroxyl groups is 2. The van der Waals surface area contributed by atoms with Crippen molar-refractivity contribution in [3.63, 3.8) is 0 Å². The van der Waals surface area contributed by atoms with Crippen molar-refractivity contribution < 1.29 is 19.4 Å². The Labute approximate surface area is 93.3 Å². The van der Waals surface area contributed by atoms with Crippen LogP contribution in [0.1, 0.15) is 31.1 Å². The van der Waals surface area contributed by atoms with Crippen LogP contribution in [0.4, 0.5) is 0 Å². The van der Waals surface area contributed by atoms with Gasteiger partial charge in [0.25, 0.3) is 0 Å². The number of hydrogen-bond donors (Lipinski definition) is 2. The van der Waals surface area contributed by atoms with Crippen LogP contribution in [-0.2, 0) is 6.61 Å². The Kier molecular flexibility index (Phi) is 4.09. The normalized spacial score (nSPS) is 14.6. The molecule has 16 heavy (non-hydrogen) atoms. The lowest BCUT2D eigenvalue weighted by Gasteiger charge is -2.17. The predicted octanol–water partition coefficient (Wildman–Crippen LogP) is 0.625. The number of aliphatic hydroxyl groups excluding tert-OH is 2. The highest BCUT2D eigenvalue weighted by Crippen LogP contribution is 2.28. The van der Waals surface area contributed by atoms with E-state index in [9.17, 15) is 15.0 Å². The summed E-state index contributed by atoms with van der Waals surface area (Å²) in [6.07, 6.45) is -0.680. The molecule has 1 rings (SSSR count). The second kappa shape index (κ2) is 5.14. The highest BCUT2D eigenvalue weighted by atomic mass is 16.5. The lowest BCUT2D eigenvalue weighted by atomic mass is 9.98. The van der Waals surface area contributed by atoms with Crippen LogP contribution in [0.5, 0.6) is 5.75 Å². The molecule has 5 heteroatoms. The third-order valence-electron chi connectivity index (χ3n) is 2.57. The Morgan fingerprint density at radius 1 is 1.50 bits per heavy atom. The van der Waals surface area contributed by atoms with Crippen molar-refractivity contribution in [3.8, 4) is 5.75 Å². The maximum absolute atomic E-state index is 11.3. The molecule has 0 aliphatic heterocycles. The molecule has 0 aromatic carbocycles. The van der Waals surface area contributed by atoms with Crippen LogP contribution >= 0.6 is 0 Å². The molecule has 5 nitrogen and oxygen atoms in total. The van der Waals surface area contributed by atoms with E-state index in [0.29, 0.717) is 5.56 Å². The van der Waals surface area contributed by atoms with Crippen LogP contribution in [-0.4, -0.2) is 23.4 Å². The van der Waals surface area contributed by atoms with Crippen LogP contribution in [0.15, 0.2) is 15.3 Å². The van der Waals surface area contributed by atoms with E-state index in [4.69, 9.17) is 9.15 Å². The first-order chi connectivity index (χ1) is 7.51. The van der Waals surface area contributed by atoms with Gasteiger partial charge in [0.2, 0.25) is 0 Å². The highest BCUT2D eigenvalue weighted by molar-refractivity contribution is 5.35. The summed E-state index contributed by atoms with van der Waals surface area (Å²) in [5.41, 5.74) is -0.160. The first kappa shape index (κ1) is 12.7. The van der Waals surface area contributed by atoms with Crippen molar-refractivity contribution in [2.75, 3.05) is 7.11 Å². The Balaban J connectivity index is 3.36. The van der Waals surface area contributed by atoms with Crippen molar-refractivity contribution in [2.45, 2.75) is 32.5 Å². The van der Waals surface area contributed by atoms with E-state index in [1.165, 1.54) is 13.2 Å². The highest BCUT2D eigenvalue weighted by Gasteiger charge is 2.21. The molecule has 0 spiro atoms. The monoisotopic (exact) mass is 228 g/mol. The van der Waals surface area contributed by atoms with E-state index in [-0.39, 0.29) is 24.0 Å². The number of rotatable bonds is 4. The second-order valence-electron chi connectivity index (χ2n) is 3.66. The molecule has 1 heterocycles. The summed E-state index contributed by atoms with van der Waals surface area (Å²) >= 11 is 0. The standard InChI is InChI=1S/C11H16O5/c1-6(7(2)13)11-8(5-12)9(15-3)4-10(14)16-11/h4,6-7,12-13H,5H2,1-3H3/t6-,7-/m1/s1. The van der Waals surface area contributed by atoms with Gasteiger partial charge in [0.05, 0.1) is 31.5 Å². The minimum absolute atomic E-state index is 0.266. The van der Waals surface area contributed by atoms with Crippen LogP contribution in [0.3, 0.4) is 0 Å². The molecular weight excluding hydrogens is 212 g/mol. The molecule has 0 bridgehead atoms. The Morgan fingerprint density at radius 2 is 2.12 bits per heavy atom. The molecule has 0 fully saturated rings. The molecule has 0 unspecified atom stereocenters. The fourth-order valence-corrected chi connectivity index (χ4v) is 1.44. The van der Waals surface area contributed by atoms with Crippen LogP contribution in [0, 0.1) is 0 Å². The zero-order chi connectivity index (χ0) is 12.3. The minimum atomic E-state index is -0.680. The molecule has 2 atom stereocenters. The van der Waals surface area contributed by atoms with Crippen molar-refractivity contribution in [1.29, 1.82) is 0 Å². The molecule has 0 aliphatic rings. The fraction of sp³-hybridized carbons (Fsp3) is 0.545. The van der Waals surface area contributed by atoms with Crippen molar-refractivity contribution in [2.24, 2.45) is 0 Å². The van der Waals surface area contributed by atoms with Crippen molar-refractivity contribution >= 4 is 0 Å². The summed E-state index contributed by atoms with van der Waals surface area (Å²) in [7, 11) is 1.41. The third-order valence-corrected chi connectivity index (χ3v) is 2.57. The lowest BCUT2D eigenvalue weighted by Crippen LogP contribution is -2.16. The molecule has 0 radical (unpaired) electrons. The quantitative estimate of drug-likeness (QED) is 0.789. The van der Waals surface area contributed by atoms with Crippen molar-refractivity contribution in [3.05, 3.63) is 27.8 Å². The minimum Gasteiger partial charge on any atom is -0.496 e. The van der Waals surface area contributed by atoms with E-state index >= 15 is 0 Å². The van der Waals surface area contributed by atoms with Crippen LogP contribution in [0.25, 0.3) is 0 Å². The van der Waals surface area contributed by atoms with Gasteiger partial charge in [0.15, 0.2) is 0 Å². The van der Waals surface area contributed by atoms with Gasteiger partial charge in [0.1, 0.15) is 11.5 Å². The van der Waals surface area contributed by atoms with Gasteiger partial charge in [0, 0.05) is 5.92 Å². The molecular formula is C11H16O5. The van der Waals surface area contributed by atoms with E-state index < -0.39 is 11.7 Å². The van der Waals surface area contributed by atoms with E-state index in [2.05, 4.69) is 0 Å². The van der Waals surface area contributed by atoms with Crippen LogP contribution < -0.4 is 10.4 Å². The molecule has 2 N–H and O–H groups in total. The summed E-state index contributed by atoms with van der Waals surface area (Å²) < 4.78 is 10.00. The molecule has 1 aromatic rings. The molecule has 90 valence electrons. The first-order valence-electron chi connectivity index (χ1n) is 5.01. The summed E-state index contributed by atoms with van der Waals surface area (Å²) in [5, 5.41) is 18.7. The van der Waals surface area contributed by atoms with E-state index in [0.717, 1.165) is 0 Å². The van der Waals surface area contributed by atoms with Gasteiger partial charge in [-0.1, -0.05) is 6.92 Å². The van der Waals surface area contributed by atoms with Gasteiger partial charge < -0.3 is 19.4 Å². The number of hydrogen-bond acceptors (Lipinski definition) is 5. The van der Waals surface area contributed by atoms with Gasteiger partial charge in [-0.2, -0.15) is 0 Å². The fourth-order valence-electron chi connectivity index (χ4n) is 1.44. The van der Waals surface area contributed by atoms with Gasteiger partial charge in [-0.3, -0.25) is 0 Å². The predicted molar refractivity (Wildman–Crippen MR) is 57.5 cm³/mol. The van der Waals surface area contributed by atoms with Gasteiger partial charge in [-0.25, -0.2) is 4.79 Å². The van der Waals surface area contributed by atoms with Gasteiger partial charge in [-0.05, 0) is 6.92 Å². The second-order valence-corrected chi connectivity index (χ2v) is 3.66. The van der Waals surface area contributed by atoms with Gasteiger partial charge >= 0.3 is 5.63 Å². The Hall–Kier alpha value is -1.33. The maximum atomic E-state index is 11.3.